The van der Waals surface area contributed by atoms with E-state index in [0.717, 1.165) is 28.9 Å². The van der Waals surface area contributed by atoms with Crippen LogP contribution >= 0.6 is 0 Å². The minimum atomic E-state index is -3.44. The van der Waals surface area contributed by atoms with Crippen molar-refractivity contribution in [1.29, 1.82) is 0 Å². The van der Waals surface area contributed by atoms with Crippen molar-refractivity contribution >= 4 is 10.0 Å². The number of benzene rings is 1. The quantitative estimate of drug-likeness (QED) is 0.888. The first-order chi connectivity index (χ1) is 11.3. The molecule has 3 nitrogen and oxygen atoms in total. The van der Waals surface area contributed by atoms with E-state index in [2.05, 4.69) is 11.6 Å². The minimum Gasteiger partial charge on any atom is -0.208 e. The molecule has 0 spiro atoms. The number of hydrogen-bond acceptors (Lipinski definition) is 2. The molecule has 0 aromatic heterocycles. The molecule has 4 heteroatoms. The fraction of sp³-hybridized carbons (Fsp3) is 0.700. The van der Waals surface area contributed by atoms with Gasteiger partial charge in [-0.3, -0.25) is 0 Å². The van der Waals surface area contributed by atoms with E-state index in [1.165, 1.54) is 38.5 Å². The first-order valence-corrected chi connectivity index (χ1v) is 10.9. The molecule has 1 unspecified atom stereocenters. The van der Waals surface area contributed by atoms with Crippen molar-refractivity contribution in [3.8, 4) is 0 Å². The summed E-state index contributed by atoms with van der Waals surface area (Å²) in [4.78, 5) is 0.405. The highest BCUT2D eigenvalue weighted by Gasteiger charge is 2.53. The average Bonchev–Trinajstić information content (AvgIpc) is 2.48. The second-order valence-electron chi connectivity index (χ2n) is 8.87. The highest BCUT2D eigenvalue weighted by molar-refractivity contribution is 7.89. The number of hydrogen-bond donors (Lipinski definition) is 1. The zero-order valence-corrected chi connectivity index (χ0v) is 15.8. The topological polar surface area (TPSA) is 46.2 Å². The summed E-state index contributed by atoms with van der Waals surface area (Å²) < 4.78 is 28.8. The van der Waals surface area contributed by atoms with Crippen LogP contribution in [0.2, 0.25) is 0 Å². The molecular weight excluding hydrogens is 318 g/mol. The largest absolute Gasteiger partial charge is 0.240 e. The molecule has 4 aliphatic carbocycles. The maximum Gasteiger partial charge on any atom is 0.240 e. The third kappa shape index (κ3) is 2.72. The molecule has 1 atom stereocenters. The molecule has 24 heavy (non-hydrogen) atoms. The van der Waals surface area contributed by atoms with Crippen LogP contribution in [0.5, 0.6) is 0 Å². The van der Waals surface area contributed by atoms with Gasteiger partial charge in [-0.05, 0) is 106 Å². The molecule has 1 aromatic rings. The second-order valence-corrected chi connectivity index (χ2v) is 10.6. The van der Waals surface area contributed by atoms with Gasteiger partial charge < -0.3 is 0 Å². The molecule has 4 saturated carbocycles. The standard InChI is InChI=1S/C20H29NO2S/c1-13-4-5-19(6-14(13)2)24(22,23)21-15(3)20-10-16-7-17(11-20)9-18(8-16)12-20/h4-6,15-18,21H,7-12H2,1-3H3. The Morgan fingerprint density at radius 1 is 1.00 bits per heavy atom. The predicted molar refractivity (Wildman–Crippen MR) is 96.3 cm³/mol. The van der Waals surface area contributed by atoms with Crippen molar-refractivity contribution in [2.24, 2.45) is 23.2 Å². The normalized spacial score (nSPS) is 36.0. The molecule has 0 radical (unpaired) electrons. The molecule has 1 aromatic carbocycles. The van der Waals surface area contributed by atoms with Crippen LogP contribution in [0.15, 0.2) is 23.1 Å². The van der Waals surface area contributed by atoms with Gasteiger partial charge in [-0.15, -0.1) is 0 Å². The maximum absolute atomic E-state index is 12.9. The van der Waals surface area contributed by atoms with Gasteiger partial charge in [0.2, 0.25) is 10.0 Å². The predicted octanol–water partition coefficient (Wildman–Crippen LogP) is 4.19. The summed E-state index contributed by atoms with van der Waals surface area (Å²) in [5, 5.41) is 0. The van der Waals surface area contributed by atoms with Crippen molar-refractivity contribution in [3.05, 3.63) is 29.3 Å². The van der Waals surface area contributed by atoms with E-state index in [0.29, 0.717) is 4.90 Å². The summed E-state index contributed by atoms with van der Waals surface area (Å²) in [6.45, 7) is 6.08. The first kappa shape index (κ1) is 16.6. The van der Waals surface area contributed by atoms with Crippen LogP contribution in [0.25, 0.3) is 0 Å². The number of nitrogens with one attached hydrogen (secondary N) is 1. The highest BCUT2D eigenvalue weighted by atomic mass is 32.2. The Morgan fingerprint density at radius 2 is 1.54 bits per heavy atom. The van der Waals surface area contributed by atoms with E-state index in [9.17, 15) is 8.42 Å². The fourth-order valence-electron chi connectivity index (χ4n) is 6.01. The van der Waals surface area contributed by atoms with Crippen molar-refractivity contribution in [1.82, 2.24) is 4.72 Å². The van der Waals surface area contributed by atoms with Gasteiger partial charge in [-0.1, -0.05) is 6.07 Å². The maximum atomic E-state index is 12.9. The van der Waals surface area contributed by atoms with Crippen LogP contribution in [-0.2, 0) is 10.0 Å². The summed E-state index contributed by atoms with van der Waals surface area (Å²) in [6.07, 6.45) is 7.81. The molecule has 0 heterocycles. The molecule has 4 bridgehead atoms. The van der Waals surface area contributed by atoms with Crippen LogP contribution in [0.3, 0.4) is 0 Å². The van der Waals surface area contributed by atoms with Gasteiger partial charge in [0.1, 0.15) is 0 Å². The Morgan fingerprint density at radius 3 is 2.04 bits per heavy atom. The van der Waals surface area contributed by atoms with E-state index in [1.807, 2.05) is 19.9 Å². The van der Waals surface area contributed by atoms with Crippen LogP contribution < -0.4 is 4.72 Å². The van der Waals surface area contributed by atoms with Gasteiger partial charge in [0.05, 0.1) is 4.90 Å². The van der Waals surface area contributed by atoms with E-state index in [4.69, 9.17) is 0 Å². The molecule has 0 saturated heterocycles. The third-order valence-electron chi connectivity index (χ3n) is 7.12. The van der Waals surface area contributed by atoms with Gasteiger partial charge in [0.15, 0.2) is 0 Å². The molecule has 0 amide bonds. The molecule has 132 valence electrons. The highest BCUT2D eigenvalue weighted by Crippen LogP contribution is 2.61. The Balaban J connectivity index is 1.57. The zero-order chi connectivity index (χ0) is 17.1. The lowest BCUT2D eigenvalue weighted by molar-refractivity contribution is -0.0666. The summed E-state index contributed by atoms with van der Waals surface area (Å²) in [5.41, 5.74) is 2.35. The van der Waals surface area contributed by atoms with E-state index < -0.39 is 10.0 Å². The number of sulfonamides is 1. The average molecular weight is 348 g/mol. The van der Waals surface area contributed by atoms with Crippen LogP contribution in [0.1, 0.15) is 56.6 Å². The summed E-state index contributed by atoms with van der Waals surface area (Å²) in [6, 6.07) is 5.46. The molecule has 4 aliphatic rings. The third-order valence-corrected chi connectivity index (χ3v) is 8.66. The summed E-state index contributed by atoms with van der Waals surface area (Å²) in [5.74, 6) is 2.51. The van der Waals surface area contributed by atoms with Crippen molar-refractivity contribution in [3.63, 3.8) is 0 Å². The molecule has 5 rings (SSSR count). The molecular formula is C20H29NO2S. The zero-order valence-electron chi connectivity index (χ0n) is 15.0. The Labute approximate surface area is 146 Å². The fourth-order valence-corrected chi connectivity index (χ4v) is 7.45. The Kier molecular flexibility index (Phi) is 3.85. The molecule has 1 N–H and O–H groups in total. The van der Waals surface area contributed by atoms with Crippen LogP contribution in [0.4, 0.5) is 0 Å². The minimum absolute atomic E-state index is 0.0255. The second kappa shape index (κ2) is 5.57. The van der Waals surface area contributed by atoms with Gasteiger partial charge in [-0.25, -0.2) is 13.1 Å². The Bertz CT molecular complexity index is 718. The van der Waals surface area contributed by atoms with Gasteiger partial charge in [0.25, 0.3) is 0 Å². The molecule has 4 fully saturated rings. The number of aryl methyl sites for hydroxylation is 2. The molecule has 0 aliphatic heterocycles. The van der Waals surface area contributed by atoms with Crippen LogP contribution in [0, 0.1) is 37.0 Å². The van der Waals surface area contributed by atoms with Crippen LogP contribution in [-0.4, -0.2) is 14.5 Å². The lowest BCUT2D eigenvalue weighted by atomic mass is 9.48. The smallest absolute Gasteiger partial charge is 0.208 e. The summed E-state index contributed by atoms with van der Waals surface area (Å²) >= 11 is 0. The van der Waals surface area contributed by atoms with Gasteiger partial charge in [0, 0.05) is 6.04 Å². The SMILES string of the molecule is Cc1ccc(S(=O)(=O)NC(C)C23CC4CC(CC(C4)C2)C3)cc1C. The number of rotatable bonds is 4. The van der Waals surface area contributed by atoms with E-state index >= 15 is 0 Å². The van der Waals surface area contributed by atoms with Gasteiger partial charge in [-0.2, -0.15) is 0 Å². The van der Waals surface area contributed by atoms with E-state index in [1.54, 1.807) is 12.1 Å². The van der Waals surface area contributed by atoms with Crippen molar-refractivity contribution in [2.75, 3.05) is 0 Å². The van der Waals surface area contributed by atoms with Crippen molar-refractivity contribution in [2.45, 2.75) is 70.2 Å². The first-order valence-electron chi connectivity index (χ1n) is 9.37. The lowest BCUT2D eigenvalue weighted by Crippen LogP contribution is -2.55. The lowest BCUT2D eigenvalue weighted by Gasteiger charge is -2.59. The summed E-state index contributed by atoms with van der Waals surface area (Å²) in [7, 11) is -3.44. The van der Waals surface area contributed by atoms with Crippen molar-refractivity contribution < 1.29 is 8.42 Å². The Hall–Kier alpha value is -0.870. The van der Waals surface area contributed by atoms with Gasteiger partial charge >= 0.3 is 0 Å². The monoisotopic (exact) mass is 347 g/mol. The van der Waals surface area contributed by atoms with E-state index in [-0.39, 0.29) is 11.5 Å².